The van der Waals surface area contributed by atoms with E-state index in [9.17, 15) is 4.79 Å². The molecule has 0 saturated carbocycles. The highest BCUT2D eigenvalue weighted by Crippen LogP contribution is 2.15. The number of hydrogen-bond acceptors (Lipinski definition) is 5. The molecule has 0 radical (unpaired) electrons. The van der Waals surface area contributed by atoms with Crippen LogP contribution in [0.2, 0.25) is 0 Å². The molecule has 0 spiro atoms. The normalized spacial score (nSPS) is 15.2. The maximum Gasteiger partial charge on any atom is 0.318 e. The van der Waals surface area contributed by atoms with Crippen molar-refractivity contribution in [3.05, 3.63) is 41.3 Å². The summed E-state index contributed by atoms with van der Waals surface area (Å²) >= 11 is 0. The van der Waals surface area contributed by atoms with Crippen molar-refractivity contribution >= 4 is 11.9 Å². The summed E-state index contributed by atoms with van der Waals surface area (Å²) in [6.45, 7) is 6.64. The Morgan fingerprint density at radius 2 is 1.77 bits per heavy atom. The van der Waals surface area contributed by atoms with Gasteiger partial charge in [-0.1, -0.05) is 34.9 Å². The third-order valence-electron chi connectivity index (χ3n) is 3.89. The number of rotatable bonds is 3. The molecule has 0 unspecified atom stereocenters. The van der Waals surface area contributed by atoms with Gasteiger partial charge in [-0.25, -0.2) is 0 Å². The molecule has 22 heavy (non-hydrogen) atoms. The van der Waals surface area contributed by atoms with Crippen molar-refractivity contribution in [2.24, 2.45) is 0 Å². The van der Waals surface area contributed by atoms with E-state index >= 15 is 0 Å². The molecule has 0 N–H and O–H groups in total. The van der Waals surface area contributed by atoms with E-state index in [1.807, 2.05) is 41.0 Å². The second-order valence-corrected chi connectivity index (χ2v) is 5.63. The summed E-state index contributed by atoms with van der Waals surface area (Å²) < 4.78 is 5.43. The van der Waals surface area contributed by atoms with Gasteiger partial charge >= 0.3 is 6.01 Å². The molecule has 0 bridgehead atoms. The van der Waals surface area contributed by atoms with Gasteiger partial charge in [-0.3, -0.25) is 4.79 Å². The first kappa shape index (κ1) is 14.6. The molecule has 1 aromatic heterocycles. The molecule has 1 amide bonds. The Bertz CT molecular complexity index is 642. The standard InChI is InChI=1S/C16H20N4O2/c1-12-3-5-14(6-4-12)11-15(21)19-7-9-20(10-8-19)16-18-17-13(2)22-16/h3-6H,7-11H2,1-2H3. The predicted molar refractivity (Wildman–Crippen MR) is 82.7 cm³/mol. The van der Waals surface area contributed by atoms with Crippen molar-refractivity contribution in [3.63, 3.8) is 0 Å². The number of anilines is 1. The van der Waals surface area contributed by atoms with Gasteiger partial charge in [-0.05, 0) is 12.5 Å². The van der Waals surface area contributed by atoms with Crippen LogP contribution < -0.4 is 4.90 Å². The van der Waals surface area contributed by atoms with Crippen LogP contribution in [0.1, 0.15) is 17.0 Å². The molecule has 2 heterocycles. The summed E-state index contributed by atoms with van der Waals surface area (Å²) in [4.78, 5) is 16.3. The van der Waals surface area contributed by atoms with E-state index in [1.54, 1.807) is 6.92 Å². The molecule has 1 fully saturated rings. The van der Waals surface area contributed by atoms with Crippen LogP contribution in [0.15, 0.2) is 28.7 Å². The van der Waals surface area contributed by atoms with Crippen LogP contribution in [0.4, 0.5) is 6.01 Å². The molecule has 0 atom stereocenters. The zero-order valence-electron chi connectivity index (χ0n) is 13.0. The Morgan fingerprint density at radius 3 is 2.36 bits per heavy atom. The minimum absolute atomic E-state index is 0.171. The summed E-state index contributed by atoms with van der Waals surface area (Å²) in [6.07, 6.45) is 0.458. The molecular formula is C16H20N4O2. The summed E-state index contributed by atoms with van der Waals surface area (Å²) in [5.41, 5.74) is 2.27. The van der Waals surface area contributed by atoms with E-state index < -0.39 is 0 Å². The molecule has 2 aromatic rings. The van der Waals surface area contributed by atoms with Crippen LogP contribution >= 0.6 is 0 Å². The van der Waals surface area contributed by atoms with Gasteiger partial charge in [0, 0.05) is 33.1 Å². The Labute approximate surface area is 129 Å². The van der Waals surface area contributed by atoms with Crippen LogP contribution in [0.25, 0.3) is 0 Å². The van der Waals surface area contributed by atoms with Gasteiger partial charge in [-0.2, -0.15) is 0 Å². The number of aromatic nitrogens is 2. The lowest BCUT2D eigenvalue weighted by Crippen LogP contribution is -2.49. The molecule has 6 heteroatoms. The van der Waals surface area contributed by atoms with Gasteiger partial charge < -0.3 is 14.2 Å². The lowest BCUT2D eigenvalue weighted by molar-refractivity contribution is -0.130. The first-order valence-corrected chi connectivity index (χ1v) is 7.50. The van der Waals surface area contributed by atoms with Gasteiger partial charge in [-0.15, -0.1) is 5.10 Å². The number of nitrogens with zero attached hydrogens (tertiary/aromatic N) is 4. The molecule has 6 nitrogen and oxygen atoms in total. The smallest absolute Gasteiger partial charge is 0.318 e. The fraction of sp³-hybridized carbons (Fsp3) is 0.438. The number of hydrogen-bond donors (Lipinski definition) is 0. The summed E-state index contributed by atoms with van der Waals surface area (Å²) in [5, 5.41) is 7.86. The van der Waals surface area contributed by atoms with E-state index in [0.29, 0.717) is 31.4 Å². The van der Waals surface area contributed by atoms with E-state index in [0.717, 1.165) is 18.7 Å². The summed E-state index contributed by atoms with van der Waals surface area (Å²) in [5.74, 6) is 0.734. The van der Waals surface area contributed by atoms with Gasteiger partial charge in [0.2, 0.25) is 11.8 Å². The van der Waals surface area contributed by atoms with Crippen molar-refractivity contribution in [2.45, 2.75) is 20.3 Å². The third kappa shape index (κ3) is 3.27. The zero-order valence-corrected chi connectivity index (χ0v) is 13.0. The van der Waals surface area contributed by atoms with Crippen LogP contribution in [0.5, 0.6) is 0 Å². The lowest BCUT2D eigenvalue weighted by Gasteiger charge is -2.33. The maximum atomic E-state index is 12.4. The molecule has 1 aliphatic heterocycles. The SMILES string of the molecule is Cc1ccc(CC(=O)N2CCN(c3nnc(C)o3)CC2)cc1. The topological polar surface area (TPSA) is 62.5 Å². The highest BCUT2D eigenvalue weighted by atomic mass is 16.4. The predicted octanol–water partition coefficient (Wildman–Crippen LogP) is 1.58. The Hall–Kier alpha value is -2.37. The van der Waals surface area contributed by atoms with Crippen LogP contribution in [-0.2, 0) is 11.2 Å². The highest BCUT2D eigenvalue weighted by molar-refractivity contribution is 5.79. The maximum absolute atomic E-state index is 12.4. The van der Waals surface area contributed by atoms with Gasteiger partial charge in [0.25, 0.3) is 0 Å². The Morgan fingerprint density at radius 1 is 1.09 bits per heavy atom. The van der Waals surface area contributed by atoms with Crippen LogP contribution in [0.3, 0.4) is 0 Å². The third-order valence-corrected chi connectivity index (χ3v) is 3.89. The molecular weight excluding hydrogens is 280 g/mol. The van der Waals surface area contributed by atoms with E-state index in [-0.39, 0.29) is 5.91 Å². The van der Waals surface area contributed by atoms with E-state index in [4.69, 9.17) is 4.42 Å². The van der Waals surface area contributed by atoms with Gasteiger partial charge in [0.05, 0.1) is 6.42 Å². The number of carbonyl (C=O) groups excluding carboxylic acids is 1. The molecule has 0 aliphatic carbocycles. The zero-order chi connectivity index (χ0) is 15.5. The molecule has 116 valence electrons. The fourth-order valence-corrected chi connectivity index (χ4v) is 2.55. The van der Waals surface area contributed by atoms with Crippen molar-refractivity contribution in [1.82, 2.24) is 15.1 Å². The van der Waals surface area contributed by atoms with Crippen LogP contribution in [-0.4, -0.2) is 47.2 Å². The van der Waals surface area contributed by atoms with E-state index in [2.05, 4.69) is 10.2 Å². The fourth-order valence-electron chi connectivity index (χ4n) is 2.55. The van der Waals surface area contributed by atoms with Crippen molar-refractivity contribution in [1.29, 1.82) is 0 Å². The van der Waals surface area contributed by atoms with Gasteiger partial charge in [0.1, 0.15) is 0 Å². The van der Waals surface area contributed by atoms with E-state index in [1.165, 1.54) is 5.56 Å². The largest absolute Gasteiger partial charge is 0.408 e. The Balaban J connectivity index is 1.54. The molecule has 1 aromatic carbocycles. The molecule has 3 rings (SSSR count). The van der Waals surface area contributed by atoms with Gasteiger partial charge in [0.15, 0.2) is 0 Å². The minimum Gasteiger partial charge on any atom is -0.408 e. The number of carbonyl (C=O) groups is 1. The summed E-state index contributed by atoms with van der Waals surface area (Å²) in [6, 6.07) is 8.66. The highest BCUT2D eigenvalue weighted by Gasteiger charge is 2.23. The number of benzene rings is 1. The van der Waals surface area contributed by atoms with Crippen molar-refractivity contribution in [3.8, 4) is 0 Å². The summed E-state index contributed by atoms with van der Waals surface area (Å²) in [7, 11) is 0. The van der Waals surface area contributed by atoms with Crippen molar-refractivity contribution in [2.75, 3.05) is 31.1 Å². The average molecular weight is 300 g/mol. The first-order chi connectivity index (χ1) is 10.6. The molecule has 1 saturated heterocycles. The first-order valence-electron chi connectivity index (χ1n) is 7.50. The minimum atomic E-state index is 0.171. The number of amides is 1. The average Bonchev–Trinajstić information content (AvgIpc) is 2.96. The number of piperazine rings is 1. The monoisotopic (exact) mass is 300 g/mol. The second-order valence-electron chi connectivity index (χ2n) is 5.63. The second kappa shape index (κ2) is 6.17. The van der Waals surface area contributed by atoms with Crippen molar-refractivity contribution < 1.29 is 9.21 Å². The molecule has 1 aliphatic rings. The lowest BCUT2D eigenvalue weighted by atomic mass is 10.1. The van der Waals surface area contributed by atoms with Crippen LogP contribution in [0, 0.1) is 13.8 Å². The Kier molecular flexibility index (Phi) is 4.09. The number of aryl methyl sites for hydroxylation is 2. The quantitative estimate of drug-likeness (QED) is 0.861.